The molecule has 0 saturated heterocycles. The van der Waals surface area contributed by atoms with Crippen molar-refractivity contribution in [2.45, 2.75) is 57.6 Å². The van der Waals surface area contributed by atoms with Crippen molar-refractivity contribution in [2.75, 3.05) is 10.8 Å². The van der Waals surface area contributed by atoms with Crippen molar-refractivity contribution in [3.63, 3.8) is 0 Å². The number of nitrogens with one attached hydrogen (secondary N) is 1. The van der Waals surface area contributed by atoms with Gasteiger partial charge in [0.1, 0.15) is 12.6 Å². The number of amides is 2. The van der Waals surface area contributed by atoms with Crippen LogP contribution in [-0.2, 0) is 32.6 Å². The normalized spacial score (nSPS) is 12.0. The van der Waals surface area contributed by atoms with Crippen molar-refractivity contribution >= 4 is 27.5 Å². The van der Waals surface area contributed by atoms with Gasteiger partial charge in [0.25, 0.3) is 10.0 Å². The zero-order chi connectivity index (χ0) is 31.0. The largest absolute Gasteiger partial charge is 0.352 e. The molecule has 4 aromatic carbocycles. The highest BCUT2D eigenvalue weighted by atomic mass is 32.2. The Morgan fingerprint density at radius 1 is 0.744 bits per heavy atom. The summed E-state index contributed by atoms with van der Waals surface area (Å²) >= 11 is 0. The van der Waals surface area contributed by atoms with Crippen LogP contribution in [0.2, 0.25) is 0 Å². The van der Waals surface area contributed by atoms with Crippen LogP contribution in [0.3, 0.4) is 0 Å². The van der Waals surface area contributed by atoms with Crippen LogP contribution in [0.15, 0.2) is 114 Å². The van der Waals surface area contributed by atoms with E-state index in [1.54, 1.807) is 30.3 Å². The number of hydrogen-bond acceptors (Lipinski definition) is 4. The molecule has 4 aromatic rings. The lowest BCUT2D eigenvalue weighted by atomic mass is 10.0. The number of aryl methyl sites for hydroxylation is 1. The molecule has 0 aliphatic carbocycles. The van der Waals surface area contributed by atoms with Gasteiger partial charge >= 0.3 is 0 Å². The quantitative estimate of drug-likeness (QED) is 0.228. The highest BCUT2D eigenvalue weighted by Crippen LogP contribution is 2.29. The molecular weight excluding hydrogens is 558 g/mol. The van der Waals surface area contributed by atoms with E-state index < -0.39 is 28.5 Å². The Morgan fingerprint density at radius 3 is 1.88 bits per heavy atom. The number of benzene rings is 4. The van der Waals surface area contributed by atoms with Gasteiger partial charge in [0.05, 0.1) is 10.6 Å². The zero-order valence-electron chi connectivity index (χ0n) is 25.1. The minimum absolute atomic E-state index is 0.0803. The molecule has 0 aliphatic rings. The first-order chi connectivity index (χ1) is 20.6. The second-order valence-electron chi connectivity index (χ2n) is 10.9. The Hall–Kier alpha value is -4.43. The molecule has 1 atom stereocenters. The van der Waals surface area contributed by atoms with Gasteiger partial charge in [-0.1, -0.05) is 91.0 Å². The number of rotatable bonds is 12. The van der Waals surface area contributed by atoms with E-state index in [9.17, 15) is 18.0 Å². The molecule has 0 saturated carbocycles. The lowest BCUT2D eigenvalue weighted by molar-refractivity contribution is -0.140. The smallest absolute Gasteiger partial charge is 0.264 e. The lowest BCUT2D eigenvalue weighted by Crippen LogP contribution is -2.54. The van der Waals surface area contributed by atoms with Gasteiger partial charge in [-0.15, -0.1) is 0 Å². The highest BCUT2D eigenvalue weighted by Gasteiger charge is 2.35. The van der Waals surface area contributed by atoms with E-state index in [0.29, 0.717) is 5.69 Å². The van der Waals surface area contributed by atoms with Gasteiger partial charge in [0, 0.05) is 19.0 Å². The molecule has 0 heterocycles. The SMILES string of the molecule is Cc1cccc(N(CC(=O)N(Cc2ccccc2)[C@H](Cc2ccccc2)C(=O)NC(C)C)S(=O)(=O)c2ccccc2)c1C. The molecule has 0 radical (unpaired) electrons. The second-order valence-corrected chi connectivity index (χ2v) is 12.8. The maximum absolute atomic E-state index is 14.5. The Labute approximate surface area is 255 Å². The van der Waals surface area contributed by atoms with E-state index in [4.69, 9.17) is 0 Å². The summed E-state index contributed by atoms with van der Waals surface area (Å²) in [5.41, 5.74) is 3.79. The van der Waals surface area contributed by atoms with Crippen LogP contribution in [-0.4, -0.2) is 43.8 Å². The summed E-state index contributed by atoms with van der Waals surface area (Å²) in [4.78, 5) is 29.8. The van der Waals surface area contributed by atoms with Crippen molar-refractivity contribution < 1.29 is 18.0 Å². The van der Waals surface area contributed by atoms with Crippen molar-refractivity contribution in [3.8, 4) is 0 Å². The molecule has 7 nitrogen and oxygen atoms in total. The topological polar surface area (TPSA) is 86.8 Å². The Morgan fingerprint density at radius 2 is 1.30 bits per heavy atom. The van der Waals surface area contributed by atoms with Gasteiger partial charge in [0.15, 0.2) is 0 Å². The fourth-order valence-electron chi connectivity index (χ4n) is 4.95. The minimum atomic E-state index is -4.13. The van der Waals surface area contributed by atoms with Gasteiger partial charge in [0.2, 0.25) is 11.8 Å². The molecule has 0 aromatic heterocycles. The fourth-order valence-corrected chi connectivity index (χ4v) is 6.45. The third-order valence-corrected chi connectivity index (χ3v) is 9.13. The van der Waals surface area contributed by atoms with Gasteiger partial charge in [-0.2, -0.15) is 0 Å². The summed E-state index contributed by atoms with van der Waals surface area (Å²) in [6.45, 7) is 7.15. The Balaban J connectivity index is 1.82. The van der Waals surface area contributed by atoms with E-state index in [2.05, 4.69) is 5.32 Å². The van der Waals surface area contributed by atoms with Gasteiger partial charge in [-0.05, 0) is 68.1 Å². The van der Waals surface area contributed by atoms with Crippen LogP contribution < -0.4 is 9.62 Å². The van der Waals surface area contributed by atoms with Crippen molar-refractivity contribution in [1.29, 1.82) is 0 Å². The summed E-state index contributed by atoms with van der Waals surface area (Å²) < 4.78 is 29.4. The highest BCUT2D eigenvalue weighted by molar-refractivity contribution is 7.92. The monoisotopic (exact) mass is 597 g/mol. The zero-order valence-corrected chi connectivity index (χ0v) is 25.9. The summed E-state index contributed by atoms with van der Waals surface area (Å²) in [7, 11) is -4.13. The molecular formula is C35H39N3O4S. The first-order valence-corrected chi connectivity index (χ1v) is 15.8. The number of sulfonamides is 1. The molecule has 8 heteroatoms. The molecule has 0 unspecified atom stereocenters. The number of carbonyl (C=O) groups excluding carboxylic acids is 2. The molecule has 0 spiro atoms. The van der Waals surface area contributed by atoms with E-state index in [-0.39, 0.29) is 29.8 Å². The van der Waals surface area contributed by atoms with Crippen LogP contribution in [0.25, 0.3) is 0 Å². The predicted molar refractivity (Wildman–Crippen MR) is 171 cm³/mol. The van der Waals surface area contributed by atoms with E-state index in [1.807, 2.05) is 94.4 Å². The van der Waals surface area contributed by atoms with Gasteiger partial charge in [-0.3, -0.25) is 13.9 Å². The van der Waals surface area contributed by atoms with Crippen molar-refractivity contribution in [1.82, 2.24) is 10.2 Å². The minimum Gasteiger partial charge on any atom is -0.352 e. The Kier molecular flexibility index (Phi) is 10.4. The Bertz CT molecular complexity index is 1630. The van der Waals surface area contributed by atoms with E-state index in [1.165, 1.54) is 21.3 Å². The molecule has 0 bridgehead atoms. The third-order valence-electron chi connectivity index (χ3n) is 7.35. The molecule has 0 aliphatic heterocycles. The third kappa shape index (κ3) is 7.90. The second kappa shape index (κ2) is 14.2. The number of anilines is 1. The maximum Gasteiger partial charge on any atom is 0.264 e. The summed E-state index contributed by atoms with van der Waals surface area (Å²) in [5.74, 6) is -0.781. The number of carbonyl (C=O) groups is 2. The van der Waals surface area contributed by atoms with Crippen LogP contribution in [0.5, 0.6) is 0 Å². The molecule has 1 N–H and O–H groups in total. The summed E-state index contributed by atoms with van der Waals surface area (Å²) in [6, 6.07) is 31.4. The van der Waals surface area contributed by atoms with Crippen molar-refractivity contribution in [3.05, 3.63) is 131 Å². The molecule has 0 fully saturated rings. The standard InChI is InChI=1S/C35H39N3O4S/c1-26(2)36-35(40)33(23-29-16-8-5-9-17-29)37(24-30-18-10-6-11-19-30)34(39)25-38(32-22-14-15-27(3)28(32)4)43(41,42)31-20-12-7-13-21-31/h5-22,26,33H,23-25H2,1-4H3,(H,36,40)/t33-/m1/s1. The fraction of sp³-hybridized carbons (Fsp3) is 0.257. The average Bonchev–Trinajstić information content (AvgIpc) is 3.00. The first kappa shape index (κ1) is 31.5. The molecule has 224 valence electrons. The van der Waals surface area contributed by atoms with Crippen molar-refractivity contribution in [2.24, 2.45) is 0 Å². The lowest BCUT2D eigenvalue weighted by Gasteiger charge is -2.34. The number of hydrogen-bond donors (Lipinski definition) is 1. The van der Waals surface area contributed by atoms with E-state index in [0.717, 1.165) is 22.3 Å². The number of nitrogens with zero attached hydrogens (tertiary/aromatic N) is 2. The van der Waals surface area contributed by atoms with Gasteiger partial charge < -0.3 is 10.2 Å². The maximum atomic E-state index is 14.5. The van der Waals surface area contributed by atoms with Crippen LogP contribution in [0.1, 0.15) is 36.1 Å². The molecule has 4 rings (SSSR count). The first-order valence-electron chi connectivity index (χ1n) is 14.4. The van der Waals surface area contributed by atoms with Crippen LogP contribution in [0.4, 0.5) is 5.69 Å². The molecule has 2 amide bonds. The summed E-state index contributed by atoms with van der Waals surface area (Å²) in [6.07, 6.45) is 0.271. The van der Waals surface area contributed by atoms with Crippen LogP contribution >= 0.6 is 0 Å². The summed E-state index contributed by atoms with van der Waals surface area (Å²) in [5, 5.41) is 2.98. The van der Waals surface area contributed by atoms with Gasteiger partial charge in [-0.25, -0.2) is 8.42 Å². The van der Waals surface area contributed by atoms with E-state index >= 15 is 0 Å². The predicted octanol–water partition coefficient (Wildman–Crippen LogP) is 5.66. The van der Waals surface area contributed by atoms with Crippen LogP contribution in [0, 0.1) is 13.8 Å². The molecule has 43 heavy (non-hydrogen) atoms. The average molecular weight is 598 g/mol.